The van der Waals surface area contributed by atoms with Gasteiger partial charge in [-0.1, -0.05) is 6.07 Å². The fourth-order valence-corrected chi connectivity index (χ4v) is 3.06. The summed E-state index contributed by atoms with van der Waals surface area (Å²) in [7, 11) is -3.76. The number of carbonyl (C=O) groups is 1. The molecular weight excluding hydrogens is 322 g/mol. The van der Waals surface area contributed by atoms with Crippen molar-refractivity contribution in [1.82, 2.24) is 4.90 Å². The topological polar surface area (TPSA) is 101 Å². The van der Waals surface area contributed by atoms with Crippen LogP contribution >= 0.6 is 0 Å². The van der Waals surface area contributed by atoms with Crippen LogP contribution in [0.2, 0.25) is 0 Å². The molecule has 9 heteroatoms. The van der Waals surface area contributed by atoms with Gasteiger partial charge in [0.2, 0.25) is 15.9 Å². The Morgan fingerprint density at radius 2 is 1.83 bits per heavy atom. The molecule has 0 radical (unpaired) electrons. The van der Waals surface area contributed by atoms with Gasteiger partial charge in [-0.05, 0) is 26.3 Å². The van der Waals surface area contributed by atoms with E-state index < -0.39 is 14.9 Å². The molecule has 0 fully saturated rings. The normalized spacial score (nSPS) is 11.1. The summed E-state index contributed by atoms with van der Waals surface area (Å²) in [6, 6.07) is 3.94. The number of rotatable bonds is 7. The van der Waals surface area contributed by atoms with E-state index in [0.29, 0.717) is 18.7 Å². The highest BCUT2D eigenvalue weighted by Gasteiger charge is 2.25. The smallest absolute Gasteiger partial charge is 0.271 e. The fourth-order valence-electron chi connectivity index (χ4n) is 2.16. The van der Waals surface area contributed by atoms with E-state index in [1.54, 1.807) is 20.8 Å². The summed E-state index contributed by atoms with van der Waals surface area (Å²) in [5, 5.41) is 10.9. The number of anilines is 1. The molecule has 0 saturated heterocycles. The second-order valence-electron chi connectivity index (χ2n) is 5.06. The van der Waals surface area contributed by atoms with Crippen LogP contribution in [0.1, 0.15) is 19.4 Å². The molecule has 0 unspecified atom stereocenters. The van der Waals surface area contributed by atoms with Gasteiger partial charge in [-0.15, -0.1) is 0 Å². The third-order valence-corrected chi connectivity index (χ3v) is 4.59. The first-order valence-electron chi connectivity index (χ1n) is 7.12. The van der Waals surface area contributed by atoms with Crippen molar-refractivity contribution in [2.75, 3.05) is 30.2 Å². The minimum atomic E-state index is -3.76. The Labute approximate surface area is 135 Å². The fraction of sp³-hybridized carbons (Fsp3) is 0.500. The highest BCUT2D eigenvalue weighted by molar-refractivity contribution is 7.92. The van der Waals surface area contributed by atoms with Gasteiger partial charge in [0.15, 0.2) is 0 Å². The standard InChI is InChI=1S/C14H21N3O5S/c1-5-15(6-2)14(18)10-16(23(4,21)22)13-9-12(17(19)20)8-7-11(13)3/h7-9H,5-6,10H2,1-4H3. The van der Waals surface area contributed by atoms with E-state index in [9.17, 15) is 23.3 Å². The number of likely N-dealkylation sites (N-methyl/N-ethyl adjacent to an activating group) is 1. The maximum atomic E-state index is 12.3. The minimum absolute atomic E-state index is 0.141. The van der Waals surface area contributed by atoms with Crippen molar-refractivity contribution in [3.63, 3.8) is 0 Å². The van der Waals surface area contributed by atoms with E-state index in [0.717, 1.165) is 10.6 Å². The van der Waals surface area contributed by atoms with Crippen LogP contribution < -0.4 is 4.31 Å². The summed E-state index contributed by atoms with van der Waals surface area (Å²) in [4.78, 5) is 24.1. The van der Waals surface area contributed by atoms with Crippen molar-refractivity contribution in [2.24, 2.45) is 0 Å². The lowest BCUT2D eigenvalue weighted by Crippen LogP contribution is -2.42. The zero-order valence-corrected chi connectivity index (χ0v) is 14.5. The van der Waals surface area contributed by atoms with Gasteiger partial charge < -0.3 is 4.90 Å². The van der Waals surface area contributed by atoms with Gasteiger partial charge in [0.1, 0.15) is 6.54 Å². The minimum Gasteiger partial charge on any atom is -0.342 e. The number of benzene rings is 1. The average Bonchev–Trinajstić information content (AvgIpc) is 2.45. The van der Waals surface area contributed by atoms with Crippen LogP contribution in [0.5, 0.6) is 0 Å². The number of sulfonamides is 1. The van der Waals surface area contributed by atoms with Gasteiger partial charge in [-0.2, -0.15) is 0 Å². The number of carbonyl (C=O) groups excluding carboxylic acids is 1. The molecule has 0 aliphatic carbocycles. The second-order valence-corrected chi connectivity index (χ2v) is 6.97. The Morgan fingerprint density at radius 3 is 2.26 bits per heavy atom. The lowest BCUT2D eigenvalue weighted by molar-refractivity contribution is -0.384. The molecule has 0 atom stereocenters. The summed E-state index contributed by atoms with van der Waals surface area (Å²) >= 11 is 0. The Morgan fingerprint density at radius 1 is 1.26 bits per heavy atom. The molecule has 8 nitrogen and oxygen atoms in total. The number of aryl methyl sites for hydroxylation is 1. The lowest BCUT2D eigenvalue weighted by atomic mass is 10.2. The van der Waals surface area contributed by atoms with Crippen molar-refractivity contribution < 1.29 is 18.1 Å². The van der Waals surface area contributed by atoms with Crippen LogP contribution in [0.15, 0.2) is 18.2 Å². The third-order valence-electron chi connectivity index (χ3n) is 3.47. The summed E-state index contributed by atoms with van der Waals surface area (Å²) < 4.78 is 25.1. The molecule has 23 heavy (non-hydrogen) atoms. The summed E-state index contributed by atoms with van der Waals surface area (Å²) in [5.41, 5.74) is 0.449. The first-order valence-corrected chi connectivity index (χ1v) is 8.97. The third kappa shape index (κ3) is 4.65. The van der Waals surface area contributed by atoms with Crippen molar-refractivity contribution in [2.45, 2.75) is 20.8 Å². The Kier molecular flexibility index (Phi) is 6.08. The van der Waals surface area contributed by atoms with Gasteiger partial charge >= 0.3 is 0 Å². The molecule has 0 N–H and O–H groups in total. The number of non-ortho nitro benzene ring substituents is 1. The highest BCUT2D eigenvalue weighted by atomic mass is 32.2. The molecule has 0 spiro atoms. The first-order chi connectivity index (χ1) is 10.6. The zero-order chi connectivity index (χ0) is 17.8. The van der Waals surface area contributed by atoms with Gasteiger partial charge in [-0.3, -0.25) is 19.2 Å². The molecule has 0 aliphatic rings. The number of nitrogens with zero attached hydrogens (tertiary/aromatic N) is 3. The Balaban J connectivity index is 3.31. The number of nitro benzene ring substituents is 1. The Hall–Kier alpha value is -2.16. The predicted molar refractivity (Wildman–Crippen MR) is 88.0 cm³/mol. The molecular formula is C14H21N3O5S. The van der Waals surface area contributed by atoms with Crippen LogP contribution in [-0.2, 0) is 14.8 Å². The number of hydrogen-bond acceptors (Lipinski definition) is 5. The Bertz CT molecular complexity index is 698. The summed E-state index contributed by atoms with van der Waals surface area (Å²) in [6.07, 6.45) is 0.973. The average molecular weight is 343 g/mol. The van der Waals surface area contributed by atoms with Crippen molar-refractivity contribution >= 4 is 27.3 Å². The summed E-state index contributed by atoms with van der Waals surface area (Å²) in [5.74, 6) is -0.355. The monoisotopic (exact) mass is 343 g/mol. The van der Waals surface area contributed by atoms with E-state index in [1.165, 1.54) is 23.1 Å². The van der Waals surface area contributed by atoms with E-state index in [2.05, 4.69) is 0 Å². The van der Waals surface area contributed by atoms with Crippen LogP contribution in [-0.4, -0.2) is 50.0 Å². The molecule has 0 heterocycles. The molecule has 1 amide bonds. The van der Waals surface area contributed by atoms with E-state index in [1.807, 2.05) is 0 Å². The quantitative estimate of drug-likeness (QED) is 0.552. The first kappa shape index (κ1) is 18.9. The van der Waals surface area contributed by atoms with Gasteiger partial charge in [0.25, 0.3) is 5.69 Å². The van der Waals surface area contributed by atoms with Crippen LogP contribution in [0.25, 0.3) is 0 Å². The number of hydrogen-bond donors (Lipinski definition) is 0. The number of nitro groups is 1. The van der Waals surface area contributed by atoms with Crippen molar-refractivity contribution in [1.29, 1.82) is 0 Å². The molecule has 0 bridgehead atoms. The van der Waals surface area contributed by atoms with E-state index in [4.69, 9.17) is 0 Å². The summed E-state index contributed by atoms with van der Waals surface area (Å²) in [6.45, 7) is 5.76. The molecule has 1 aromatic carbocycles. The van der Waals surface area contributed by atoms with Crippen LogP contribution in [0.3, 0.4) is 0 Å². The molecule has 128 valence electrons. The molecule has 0 aliphatic heterocycles. The predicted octanol–water partition coefficient (Wildman–Crippen LogP) is 1.54. The molecule has 0 aromatic heterocycles. The SMILES string of the molecule is CCN(CC)C(=O)CN(c1cc([N+](=O)[O-])ccc1C)S(C)(=O)=O. The molecule has 0 saturated carbocycles. The maximum absolute atomic E-state index is 12.3. The van der Waals surface area contributed by atoms with Gasteiger partial charge in [0, 0.05) is 25.2 Å². The van der Waals surface area contributed by atoms with Gasteiger partial charge in [-0.25, -0.2) is 8.42 Å². The molecule has 1 aromatic rings. The second kappa shape index (κ2) is 7.40. The number of amides is 1. The van der Waals surface area contributed by atoms with Crippen molar-refractivity contribution in [3.8, 4) is 0 Å². The highest BCUT2D eigenvalue weighted by Crippen LogP contribution is 2.27. The van der Waals surface area contributed by atoms with E-state index >= 15 is 0 Å². The van der Waals surface area contributed by atoms with Crippen LogP contribution in [0.4, 0.5) is 11.4 Å². The largest absolute Gasteiger partial charge is 0.342 e. The lowest BCUT2D eigenvalue weighted by Gasteiger charge is -2.27. The van der Waals surface area contributed by atoms with Crippen LogP contribution in [0, 0.1) is 17.0 Å². The van der Waals surface area contributed by atoms with Gasteiger partial charge in [0.05, 0.1) is 16.9 Å². The zero-order valence-electron chi connectivity index (χ0n) is 13.6. The van der Waals surface area contributed by atoms with Crippen molar-refractivity contribution in [3.05, 3.63) is 33.9 Å². The molecule has 1 rings (SSSR count). The van der Waals surface area contributed by atoms with E-state index in [-0.39, 0.29) is 23.8 Å². The maximum Gasteiger partial charge on any atom is 0.271 e.